The van der Waals surface area contributed by atoms with Gasteiger partial charge in [-0.15, -0.1) is 0 Å². The summed E-state index contributed by atoms with van der Waals surface area (Å²) in [6.45, 7) is 8.08. The Morgan fingerprint density at radius 2 is 1.88 bits per heavy atom. The van der Waals surface area contributed by atoms with E-state index >= 15 is 0 Å². The first-order valence-electron chi connectivity index (χ1n) is 6.55. The third-order valence-electron chi connectivity index (χ3n) is 3.41. The third-order valence-corrected chi connectivity index (χ3v) is 3.41. The zero-order valence-electron chi connectivity index (χ0n) is 10.5. The maximum atomic E-state index is 5.35. The van der Waals surface area contributed by atoms with E-state index in [2.05, 4.69) is 42.2 Å². The largest absolute Gasteiger partial charge is 0.379 e. The molecule has 2 heteroatoms. The van der Waals surface area contributed by atoms with Crippen LogP contribution in [0.25, 0.3) is 0 Å². The van der Waals surface area contributed by atoms with Crippen LogP contribution in [0.15, 0.2) is 30.3 Å². The zero-order valence-corrected chi connectivity index (χ0v) is 10.5. The SMILES string of the molecule is [CH2]C(CCCc1ccccc1)N1CCOCC1. The molecule has 1 fully saturated rings. The third kappa shape index (κ3) is 4.14. The van der Waals surface area contributed by atoms with E-state index in [1.165, 1.54) is 18.4 Å². The zero-order chi connectivity index (χ0) is 11.9. The van der Waals surface area contributed by atoms with Crippen molar-refractivity contribution < 1.29 is 4.74 Å². The first-order valence-corrected chi connectivity index (χ1v) is 6.55. The molecule has 1 aliphatic heterocycles. The molecule has 0 saturated carbocycles. The van der Waals surface area contributed by atoms with E-state index in [4.69, 9.17) is 4.74 Å². The van der Waals surface area contributed by atoms with Crippen molar-refractivity contribution in [3.63, 3.8) is 0 Å². The maximum Gasteiger partial charge on any atom is 0.0594 e. The van der Waals surface area contributed by atoms with Crippen LogP contribution in [0.5, 0.6) is 0 Å². The van der Waals surface area contributed by atoms with Gasteiger partial charge in [0.1, 0.15) is 0 Å². The van der Waals surface area contributed by atoms with Crippen LogP contribution in [0.1, 0.15) is 18.4 Å². The van der Waals surface area contributed by atoms with E-state index in [1.807, 2.05) is 0 Å². The summed E-state index contributed by atoms with van der Waals surface area (Å²) in [7, 11) is 0. The van der Waals surface area contributed by atoms with Crippen LogP contribution >= 0.6 is 0 Å². The number of ether oxygens (including phenoxy) is 1. The molecule has 0 bridgehead atoms. The second kappa shape index (κ2) is 6.77. The molecular formula is C15H22NO. The molecule has 1 aliphatic rings. The fourth-order valence-corrected chi connectivity index (χ4v) is 2.31. The fourth-order valence-electron chi connectivity index (χ4n) is 2.31. The van der Waals surface area contributed by atoms with Crippen LogP contribution in [-0.4, -0.2) is 37.2 Å². The average Bonchev–Trinajstić information content (AvgIpc) is 2.41. The van der Waals surface area contributed by atoms with Gasteiger partial charge in [-0.25, -0.2) is 0 Å². The van der Waals surface area contributed by atoms with Crippen molar-refractivity contribution in [3.05, 3.63) is 42.8 Å². The second-order valence-electron chi connectivity index (χ2n) is 4.68. The number of nitrogens with zero attached hydrogens (tertiary/aromatic N) is 1. The highest BCUT2D eigenvalue weighted by Crippen LogP contribution is 2.11. The van der Waals surface area contributed by atoms with Gasteiger partial charge in [0.2, 0.25) is 0 Å². The maximum absolute atomic E-state index is 5.35. The first-order chi connectivity index (χ1) is 8.36. The molecule has 0 aliphatic carbocycles. The molecule has 1 aromatic rings. The van der Waals surface area contributed by atoms with E-state index < -0.39 is 0 Å². The van der Waals surface area contributed by atoms with Gasteiger partial charge in [0, 0.05) is 19.1 Å². The molecule has 1 radical (unpaired) electrons. The van der Waals surface area contributed by atoms with Gasteiger partial charge < -0.3 is 4.74 Å². The van der Waals surface area contributed by atoms with Gasteiger partial charge in [-0.3, -0.25) is 4.90 Å². The molecule has 2 nitrogen and oxygen atoms in total. The lowest BCUT2D eigenvalue weighted by atomic mass is 10.0. The molecule has 0 N–H and O–H groups in total. The number of hydrogen-bond acceptors (Lipinski definition) is 2. The minimum Gasteiger partial charge on any atom is -0.379 e. The number of aryl methyl sites for hydroxylation is 1. The summed E-state index contributed by atoms with van der Waals surface area (Å²) in [6.07, 6.45) is 3.56. The van der Waals surface area contributed by atoms with Crippen LogP contribution in [0.3, 0.4) is 0 Å². The normalized spacial score (nSPS) is 19.1. The van der Waals surface area contributed by atoms with Crippen molar-refractivity contribution in [2.75, 3.05) is 26.3 Å². The summed E-state index contributed by atoms with van der Waals surface area (Å²) in [5, 5.41) is 0. The Labute approximate surface area is 105 Å². The smallest absolute Gasteiger partial charge is 0.0594 e. The minimum absolute atomic E-state index is 0.447. The van der Waals surface area contributed by atoms with E-state index in [-0.39, 0.29) is 0 Å². The molecule has 0 amide bonds. The highest BCUT2D eigenvalue weighted by Gasteiger charge is 2.16. The van der Waals surface area contributed by atoms with E-state index in [0.717, 1.165) is 32.7 Å². The van der Waals surface area contributed by atoms with Gasteiger partial charge in [0.05, 0.1) is 13.2 Å². The topological polar surface area (TPSA) is 12.5 Å². The number of morpholine rings is 1. The van der Waals surface area contributed by atoms with Gasteiger partial charge in [0.25, 0.3) is 0 Å². The summed E-state index contributed by atoms with van der Waals surface area (Å²) in [5.41, 5.74) is 1.43. The second-order valence-corrected chi connectivity index (χ2v) is 4.68. The lowest BCUT2D eigenvalue weighted by molar-refractivity contribution is 0.0233. The van der Waals surface area contributed by atoms with Crippen LogP contribution < -0.4 is 0 Å². The molecule has 17 heavy (non-hydrogen) atoms. The number of rotatable bonds is 5. The van der Waals surface area contributed by atoms with Crippen molar-refractivity contribution >= 4 is 0 Å². The molecular weight excluding hydrogens is 210 g/mol. The molecule has 1 aromatic carbocycles. The van der Waals surface area contributed by atoms with Gasteiger partial charge in [-0.1, -0.05) is 30.3 Å². The molecule has 0 spiro atoms. The predicted octanol–water partition coefficient (Wildman–Crippen LogP) is 2.54. The van der Waals surface area contributed by atoms with E-state index in [0.29, 0.717) is 6.04 Å². The Balaban J connectivity index is 1.67. The Hall–Kier alpha value is -0.860. The lowest BCUT2D eigenvalue weighted by Crippen LogP contribution is -2.42. The number of hydrogen-bond donors (Lipinski definition) is 0. The van der Waals surface area contributed by atoms with Gasteiger partial charge >= 0.3 is 0 Å². The standard InChI is InChI=1S/C15H22NO/c1-14(16-10-12-17-13-11-16)6-5-9-15-7-3-2-4-8-15/h2-4,7-8,14H,1,5-6,9-13H2. The van der Waals surface area contributed by atoms with Crippen molar-refractivity contribution in [3.8, 4) is 0 Å². The summed E-state index contributed by atoms with van der Waals surface area (Å²) in [4.78, 5) is 2.44. The van der Waals surface area contributed by atoms with Crippen LogP contribution in [0.4, 0.5) is 0 Å². The van der Waals surface area contributed by atoms with Crippen LogP contribution in [0.2, 0.25) is 0 Å². The quantitative estimate of drug-likeness (QED) is 0.773. The minimum atomic E-state index is 0.447. The Kier molecular flexibility index (Phi) is 5.02. The molecule has 0 aromatic heterocycles. The lowest BCUT2D eigenvalue weighted by Gasteiger charge is -2.32. The Morgan fingerprint density at radius 1 is 1.18 bits per heavy atom. The molecule has 1 saturated heterocycles. The van der Waals surface area contributed by atoms with E-state index in [9.17, 15) is 0 Å². The summed E-state index contributed by atoms with van der Waals surface area (Å²) < 4.78 is 5.35. The Morgan fingerprint density at radius 3 is 2.59 bits per heavy atom. The van der Waals surface area contributed by atoms with Crippen LogP contribution in [-0.2, 0) is 11.2 Å². The Bertz CT molecular complexity index is 306. The van der Waals surface area contributed by atoms with Crippen molar-refractivity contribution in [1.29, 1.82) is 0 Å². The molecule has 1 atom stereocenters. The van der Waals surface area contributed by atoms with Crippen LogP contribution in [0, 0.1) is 6.92 Å². The summed E-state index contributed by atoms with van der Waals surface area (Å²) >= 11 is 0. The van der Waals surface area contributed by atoms with Gasteiger partial charge in [0.15, 0.2) is 0 Å². The molecule has 93 valence electrons. The van der Waals surface area contributed by atoms with E-state index in [1.54, 1.807) is 0 Å². The van der Waals surface area contributed by atoms with Crippen molar-refractivity contribution in [2.24, 2.45) is 0 Å². The summed E-state index contributed by atoms with van der Waals surface area (Å²) in [6, 6.07) is 11.1. The van der Waals surface area contributed by atoms with Gasteiger partial charge in [-0.2, -0.15) is 0 Å². The highest BCUT2D eigenvalue weighted by molar-refractivity contribution is 5.14. The fraction of sp³-hybridized carbons (Fsp3) is 0.533. The van der Waals surface area contributed by atoms with Gasteiger partial charge in [-0.05, 0) is 31.7 Å². The van der Waals surface area contributed by atoms with Crippen molar-refractivity contribution in [2.45, 2.75) is 25.3 Å². The molecule has 1 unspecified atom stereocenters. The first kappa shape index (κ1) is 12.6. The van der Waals surface area contributed by atoms with Crippen molar-refractivity contribution in [1.82, 2.24) is 4.90 Å². The highest BCUT2D eigenvalue weighted by atomic mass is 16.5. The average molecular weight is 232 g/mol. The number of benzene rings is 1. The molecule has 2 rings (SSSR count). The summed E-state index contributed by atoms with van der Waals surface area (Å²) in [5.74, 6) is 0. The molecule has 1 heterocycles. The predicted molar refractivity (Wildman–Crippen MR) is 70.9 cm³/mol. The monoisotopic (exact) mass is 232 g/mol.